The largest absolute Gasteiger partial charge is 0.490 e. The highest BCUT2D eigenvalue weighted by Crippen LogP contribution is 2.37. The highest BCUT2D eigenvalue weighted by atomic mass is 19.2. The molecule has 0 bridgehead atoms. The molecule has 0 aromatic heterocycles. The molecule has 1 nitrogen and oxygen atoms in total. The summed E-state index contributed by atoms with van der Waals surface area (Å²) in [4.78, 5) is 0. The van der Waals surface area contributed by atoms with Crippen LogP contribution >= 0.6 is 0 Å². The maximum absolute atomic E-state index is 14.9. The van der Waals surface area contributed by atoms with Gasteiger partial charge in [-0.2, -0.15) is 4.39 Å². The third-order valence-electron chi connectivity index (χ3n) is 7.71. The van der Waals surface area contributed by atoms with E-state index in [2.05, 4.69) is 43.3 Å². The van der Waals surface area contributed by atoms with Crippen molar-refractivity contribution in [1.82, 2.24) is 0 Å². The van der Waals surface area contributed by atoms with E-state index < -0.39 is 23.3 Å². The van der Waals surface area contributed by atoms with Crippen molar-refractivity contribution in [1.29, 1.82) is 0 Å². The van der Waals surface area contributed by atoms with Crippen molar-refractivity contribution in [3.63, 3.8) is 0 Å². The molecule has 4 rings (SSSR count). The van der Waals surface area contributed by atoms with Crippen LogP contribution in [0.3, 0.4) is 0 Å². The maximum Gasteiger partial charge on any atom is 0.201 e. The highest BCUT2D eigenvalue weighted by molar-refractivity contribution is 5.66. The number of rotatable bonds is 11. The number of ether oxygens (including phenoxy) is 1. The van der Waals surface area contributed by atoms with Crippen LogP contribution in [0.25, 0.3) is 11.1 Å². The van der Waals surface area contributed by atoms with Gasteiger partial charge in [-0.15, -0.1) is 0 Å². The predicted molar refractivity (Wildman–Crippen MR) is 150 cm³/mol. The molecule has 0 aliphatic heterocycles. The number of halogens is 4. The van der Waals surface area contributed by atoms with E-state index in [4.69, 9.17) is 4.74 Å². The zero-order valence-electron chi connectivity index (χ0n) is 22.9. The van der Waals surface area contributed by atoms with Crippen LogP contribution in [0.2, 0.25) is 0 Å². The van der Waals surface area contributed by atoms with Crippen molar-refractivity contribution in [3.8, 4) is 16.9 Å². The molecule has 0 amide bonds. The Morgan fingerprint density at radius 3 is 2.05 bits per heavy atom. The Kier molecular flexibility index (Phi) is 10.2. The van der Waals surface area contributed by atoms with Crippen LogP contribution in [0.15, 0.2) is 60.7 Å². The van der Waals surface area contributed by atoms with Crippen molar-refractivity contribution in [2.24, 2.45) is 5.92 Å². The first-order valence-corrected chi connectivity index (χ1v) is 14.3. The summed E-state index contributed by atoms with van der Waals surface area (Å²) in [6.07, 6.45) is 12.7. The maximum atomic E-state index is 14.9. The van der Waals surface area contributed by atoms with Crippen molar-refractivity contribution < 1.29 is 22.3 Å². The molecule has 0 saturated heterocycles. The Bertz CT molecular complexity index is 1260. The van der Waals surface area contributed by atoms with E-state index >= 15 is 0 Å². The lowest BCUT2D eigenvalue weighted by molar-refractivity contribution is 0.295. The molecular formula is C34H38F4O. The zero-order valence-corrected chi connectivity index (χ0v) is 22.9. The minimum Gasteiger partial charge on any atom is -0.490 e. The fourth-order valence-electron chi connectivity index (χ4n) is 5.47. The van der Waals surface area contributed by atoms with Crippen molar-refractivity contribution in [2.75, 3.05) is 6.61 Å². The van der Waals surface area contributed by atoms with Gasteiger partial charge >= 0.3 is 0 Å². The molecule has 0 N–H and O–H groups in total. The number of aryl methyl sites for hydroxylation is 2. The highest BCUT2D eigenvalue weighted by Gasteiger charge is 2.22. The summed E-state index contributed by atoms with van der Waals surface area (Å²) in [5, 5.41) is 0. The molecule has 0 spiro atoms. The summed E-state index contributed by atoms with van der Waals surface area (Å²) in [6, 6.07) is 14.3. The molecule has 208 valence electrons. The molecule has 39 heavy (non-hydrogen) atoms. The SMILES string of the molecule is CCCOc1ccc(-c2ccc(CCC=CC3CCC(c4ccc(CCC)cc4)CC3)c(F)c2F)c(F)c1F. The molecule has 0 unspecified atom stereocenters. The summed E-state index contributed by atoms with van der Waals surface area (Å²) in [7, 11) is 0. The van der Waals surface area contributed by atoms with Gasteiger partial charge in [0.15, 0.2) is 23.2 Å². The van der Waals surface area contributed by atoms with Gasteiger partial charge in [-0.25, -0.2) is 13.2 Å². The van der Waals surface area contributed by atoms with Gasteiger partial charge in [-0.3, -0.25) is 0 Å². The molecule has 1 aliphatic carbocycles. The smallest absolute Gasteiger partial charge is 0.201 e. The third kappa shape index (κ3) is 7.12. The first-order chi connectivity index (χ1) is 18.9. The van der Waals surface area contributed by atoms with Crippen LogP contribution in [-0.4, -0.2) is 6.61 Å². The third-order valence-corrected chi connectivity index (χ3v) is 7.71. The molecule has 0 atom stereocenters. The van der Waals surface area contributed by atoms with Crippen LogP contribution in [0.4, 0.5) is 17.6 Å². The van der Waals surface area contributed by atoms with Crippen LogP contribution < -0.4 is 4.74 Å². The van der Waals surface area contributed by atoms with Crippen LogP contribution in [0, 0.1) is 29.2 Å². The van der Waals surface area contributed by atoms with E-state index in [9.17, 15) is 17.6 Å². The van der Waals surface area contributed by atoms with E-state index in [1.54, 1.807) is 0 Å². The molecule has 0 radical (unpaired) electrons. The molecule has 1 aliphatic rings. The normalized spacial score (nSPS) is 17.6. The summed E-state index contributed by atoms with van der Waals surface area (Å²) >= 11 is 0. The van der Waals surface area contributed by atoms with Crippen LogP contribution in [0.1, 0.15) is 81.4 Å². The Morgan fingerprint density at radius 2 is 1.38 bits per heavy atom. The van der Waals surface area contributed by atoms with E-state index in [1.807, 2.05) is 6.92 Å². The zero-order chi connectivity index (χ0) is 27.8. The summed E-state index contributed by atoms with van der Waals surface area (Å²) in [6.45, 7) is 4.28. The Labute approximate surface area is 229 Å². The van der Waals surface area contributed by atoms with Gasteiger partial charge in [0.05, 0.1) is 6.61 Å². The van der Waals surface area contributed by atoms with Gasteiger partial charge < -0.3 is 4.74 Å². The number of hydrogen-bond acceptors (Lipinski definition) is 1. The monoisotopic (exact) mass is 538 g/mol. The second kappa shape index (κ2) is 13.8. The van der Waals surface area contributed by atoms with Gasteiger partial charge in [0.1, 0.15) is 0 Å². The second-order valence-electron chi connectivity index (χ2n) is 10.6. The molecular weight excluding hydrogens is 500 g/mol. The lowest BCUT2D eigenvalue weighted by atomic mass is 9.78. The Morgan fingerprint density at radius 1 is 0.718 bits per heavy atom. The summed E-state index contributed by atoms with van der Waals surface area (Å²) < 4.78 is 63.9. The van der Waals surface area contributed by atoms with Gasteiger partial charge in [-0.1, -0.05) is 68.8 Å². The molecule has 5 heteroatoms. The number of benzene rings is 3. The fourth-order valence-corrected chi connectivity index (χ4v) is 5.47. The average molecular weight is 539 g/mol. The van der Waals surface area contributed by atoms with E-state index in [0.717, 1.165) is 38.5 Å². The van der Waals surface area contributed by atoms with Crippen molar-refractivity contribution in [2.45, 2.75) is 77.6 Å². The predicted octanol–water partition coefficient (Wildman–Crippen LogP) is 10.1. The van der Waals surface area contributed by atoms with E-state index in [0.29, 0.717) is 31.1 Å². The van der Waals surface area contributed by atoms with Gasteiger partial charge in [0, 0.05) is 11.1 Å². The lowest BCUT2D eigenvalue weighted by Crippen LogP contribution is -2.11. The van der Waals surface area contributed by atoms with Crippen LogP contribution in [-0.2, 0) is 12.8 Å². The Hall–Kier alpha value is -3.08. The van der Waals surface area contributed by atoms with Gasteiger partial charge in [-0.05, 0) is 92.0 Å². The van der Waals surface area contributed by atoms with E-state index in [1.165, 1.54) is 35.4 Å². The molecule has 1 saturated carbocycles. The number of allylic oxidation sites excluding steroid dienone is 2. The lowest BCUT2D eigenvalue weighted by Gasteiger charge is -2.27. The molecule has 3 aromatic rings. The first-order valence-electron chi connectivity index (χ1n) is 14.3. The van der Waals surface area contributed by atoms with Gasteiger partial charge in [0.25, 0.3) is 0 Å². The molecule has 3 aromatic carbocycles. The Balaban J connectivity index is 1.31. The summed E-state index contributed by atoms with van der Waals surface area (Å²) in [5.74, 6) is -3.76. The minimum atomic E-state index is -1.25. The second-order valence-corrected chi connectivity index (χ2v) is 10.6. The topological polar surface area (TPSA) is 9.23 Å². The standard InChI is InChI=1S/C34H38F4O/c1-3-7-23-10-14-25(15-11-23)26-16-12-24(13-17-26)8-5-6-9-27-18-19-28(32(36)31(27)35)29-20-21-30(39-22-4-2)34(38)33(29)37/h5,8,10-11,14-15,18-21,24,26H,3-4,6-7,9,12-13,16-17,22H2,1-2H3. The van der Waals surface area contributed by atoms with Crippen LogP contribution in [0.5, 0.6) is 5.75 Å². The molecule has 0 heterocycles. The fraction of sp³-hybridized carbons (Fsp3) is 0.412. The molecule has 1 fully saturated rings. The number of hydrogen-bond donors (Lipinski definition) is 0. The van der Waals surface area contributed by atoms with Crippen molar-refractivity contribution in [3.05, 3.63) is 101 Å². The van der Waals surface area contributed by atoms with Crippen molar-refractivity contribution >= 4 is 0 Å². The minimum absolute atomic E-state index is 0.222. The van der Waals surface area contributed by atoms with E-state index in [-0.39, 0.29) is 29.0 Å². The first kappa shape index (κ1) is 28.9. The quantitative estimate of drug-likeness (QED) is 0.174. The van der Waals surface area contributed by atoms with Gasteiger partial charge in [0.2, 0.25) is 5.82 Å². The average Bonchev–Trinajstić information content (AvgIpc) is 2.95. The summed E-state index contributed by atoms with van der Waals surface area (Å²) in [5.41, 5.74) is 2.42.